The highest BCUT2D eigenvalue weighted by atomic mass is 32.2. The van der Waals surface area contributed by atoms with Crippen molar-refractivity contribution in [2.75, 3.05) is 30.6 Å². The molecule has 1 heterocycles. The first kappa shape index (κ1) is 16.4. The van der Waals surface area contributed by atoms with Crippen LogP contribution in [0.4, 0.5) is 11.5 Å². The van der Waals surface area contributed by atoms with E-state index in [9.17, 15) is 4.79 Å². The Morgan fingerprint density at radius 2 is 2.00 bits per heavy atom. The summed E-state index contributed by atoms with van der Waals surface area (Å²) in [7, 11) is 4.03. The first-order valence-corrected chi connectivity index (χ1v) is 8.41. The average Bonchev–Trinajstić information content (AvgIpc) is 2.93. The molecule has 0 aliphatic rings. The van der Waals surface area contributed by atoms with Crippen LogP contribution in [-0.2, 0) is 11.3 Å². The van der Waals surface area contributed by atoms with Crippen molar-refractivity contribution < 1.29 is 4.79 Å². The zero-order valence-electron chi connectivity index (χ0n) is 13.4. The van der Waals surface area contributed by atoms with Crippen molar-refractivity contribution in [1.29, 1.82) is 0 Å². The Balaban J connectivity index is 2.08. The molecule has 0 bridgehead atoms. The number of aromatic nitrogens is 2. The van der Waals surface area contributed by atoms with E-state index in [2.05, 4.69) is 39.6 Å². The standard InChI is InChI=1S/C16H22N4OS/c1-12(22-4)16(21)18-15-9-10-17-20(15)11-13-5-7-14(8-6-13)19(2)3/h5-10,12H,11H2,1-4H3,(H,18,21). The molecule has 6 heteroatoms. The fraction of sp³-hybridized carbons (Fsp3) is 0.375. The fourth-order valence-electron chi connectivity index (χ4n) is 1.97. The maximum atomic E-state index is 12.0. The molecule has 1 N–H and O–H groups in total. The van der Waals surface area contributed by atoms with Crippen molar-refractivity contribution in [2.24, 2.45) is 0 Å². The van der Waals surface area contributed by atoms with Crippen molar-refractivity contribution in [3.63, 3.8) is 0 Å². The van der Waals surface area contributed by atoms with E-state index in [0.29, 0.717) is 6.54 Å². The van der Waals surface area contributed by atoms with Crippen LogP contribution in [0.1, 0.15) is 12.5 Å². The SMILES string of the molecule is CSC(C)C(=O)Nc1ccnn1Cc1ccc(N(C)C)cc1. The summed E-state index contributed by atoms with van der Waals surface area (Å²) in [5.41, 5.74) is 2.30. The molecule has 0 saturated heterocycles. The number of carbonyl (C=O) groups excluding carboxylic acids is 1. The normalized spacial score (nSPS) is 12.0. The quantitative estimate of drug-likeness (QED) is 0.890. The fourth-order valence-corrected chi connectivity index (χ4v) is 2.25. The van der Waals surface area contributed by atoms with Gasteiger partial charge in [0.15, 0.2) is 0 Å². The van der Waals surface area contributed by atoms with E-state index in [1.165, 1.54) is 11.8 Å². The van der Waals surface area contributed by atoms with Gasteiger partial charge in [0.1, 0.15) is 5.82 Å². The summed E-state index contributed by atoms with van der Waals surface area (Å²) in [5, 5.41) is 7.13. The molecule has 0 saturated carbocycles. The van der Waals surface area contributed by atoms with Gasteiger partial charge in [-0.25, -0.2) is 4.68 Å². The number of benzene rings is 1. The van der Waals surface area contributed by atoms with Crippen molar-refractivity contribution in [3.8, 4) is 0 Å². The molecule has 1 unspecified atom stereocenters. The van der Waals surface area contributed by atoms with Crippen LogP contribution in [0.3, 0.4) is 0 Å². The highest BCUT2D eigenvalue weighted by Gasteiger charge is 2.13. The summed E-state index contributed by atoms with van der Waals surface area (Å²) in [6.07, 6.45) is 3.63. The lowest BCUT2D eigenvalue weighted by atomic mass is 10.2. The van der Waals surface area contributed by atoms with Gasteiger partial charge in [-0.1, -0.05) is 12.1 Å². The van der Waals surface area contributed by atoms with E-state index in [-0.39, 0.29) is 11.2 Å². The molecule has 1 aromatic heterocycles. The van der Waals surface area contributed by atoms with Gasteiger partial charge in [-0.3, -0.25) is 4.79 Å². The molecule has 1 amide bonds. The largest absolute Gasteiger partial charge is 0.378 e. The predicted molar refractivity (Wildman–Crippen MR) is 93.7 cm³/mol. The number of amides is 1. The van der Waals surface area contributed by atoms with Gasteiger partial charge in [0.2, 0.25) is 5.91 Å². The van der Waals surface area contributed by atoms with Crippen LogP contribution in [0.2, 0.25) is 0 Å². The molecule has 0 aliphatic carbocycles. The molecule has 2 aromatic rings. The van der Waals surface area contributed by atoms with Gasteiger partial charge in [-0.15, -0.1) is 0 Å². The smallest absolute Gasteiger partial charge is 0.238 e. The van der Waals surface area contributed by atoms with Crippen LogP contribution in [0, 0.1) is 0 Å². The maximum Gasteiger partial charge on any atom is 0.238 e. The number of thioether (sulfide) groups is 1. The Morgan fingerprint density at radius 3 is 2.59 bits per heavy atom. The molecule has 0 radical (unpaired) electrons. The summed E-state index contributed by atoms with van der Waals surface area (Å²) in [4.78, 5) is 14.0. The lowest BCUT2D eigenvalue weighted by molar-refractivity contribution is -0.115. The second-order valence-corrected chi connectivity index (χ2v) is 6.48. The van der Waals surface area contributed by atoms with Crippen LogP contribution in [-0.4, -0.2) is 41.3 Å². The minimum atomic E-state index is -0.0808. The van der Waals surface area contributed by atoms with Gasteiger partial charge < -0.3 is 10.2 Å². The van der Waals surface area contributed by atoms with Gasteiger partial charge >= 0.3 is 0 Å². The first-order chi connectivity index (χ1) is 10.5. The number of hydrogen-bond donors (Lipinski definition) is 1. The van der Waals surface area contributed by atoms with Gasteiger partial charge in [-0.05, 0) is 30.9 Å². The molecular weight excluding hydrogens is 296 g/mol. The molecule has 0 aliphatic heterocycles. The zero-order chi connectivity index (χ0) is 16.1. The molecule has 1 atom stereocenters. The number of anilines is 2. The third-order valence-corrected chi connectivity index (χ3v) is 4.40. The van der Waals surface area contributed by atoms with E-state index >= 15 is 0 Å². The van der Waals surface area contributed by atoms with E-state index in [4.69, 9.17) is 0 Å². The summed E-state index contributed by atoms with van der Waals surface area (Å²) < 4.78 is 1.80. The third kappa shape index (κ3) is 4.04. The zero-order valence-corrected chi connectivity index (χ0v) is 14.2. The minimum absolute atomic E-state index is 0.00259. The Kier molecular flexibility index (Phi) is 5.49. The van der Waals surface area contributed by atoms with Gasteiger partial charge in [-0.2, -0.15) is 16.9 Å². The predicted octanol–water partition coefficient (Wildman–Crippen LogP) is 2.69. The van der Waals surface area contributed by atoms with E-state index in [1.807, 2.05) is 33.3 Å². The average molecular weight is 318 g/mol. The molecule has 5 nitrogen and oxygen atoms in total. The lowest BCUT2D eigenvalue weighted by Gasteiger charge is -2.14. The molecule has 118 valence electrons. The second-order valence-electron chi connectivity index (χ2n) is 5.30. The summed E-state index contributed by atoms with van der Waals surface area (Å²) in [6, 6.07) is 10.1. The van der Waals surface area contributed by atoms with Crippen LogP contribution >= 0.6 is 11.8 Å². The van der Waals surface area contributed by atoms with Crippen LogP contribution in [0.25, 0.3) is 0 Å². The van der Waals surface area contributed by atoms with Gasteiger partial charge in [0.05, 0.1) is 18.0 Å². The Labute approximate surface area is 135 Å². The summed E-state index contributed by atoms with van der Waals surface area (Å²) in [6.45, 7) is 2.52. The summed E-state index contributed by atoms with van der Waals surface area (Å²) in [5.74, 6) is 0.722. The van der Waals surface area contributed by atoms with Crippen molar-refractivity contribution >= 4 is 29.2 Å². The monoisotopic (exact) mass is 318 g/mol. The van der Waals surface area contributed by atoms with Crippen molar-refractivity contribution in [3.05, 3.63) is 42.1 Å². The Hall–Kier alpha value is -1.95. The van der Waals surface area contributed by atoms with Crippen LogP contribution < -0.4 is 10.2 Å². The van der Waals surface area contributed by atoms with Gasteiger partial charge in [0, 0.05) is 25.8 Å². The van der Waals surface area contributed by atoms with Crippen LogP contribution in [0.5, 0.6) is 0 Å². The second kappa shape index (κ2) is 7.35. The Morgan fingerprint density at radius 1 is 1.32 bits per heavy atom. The molecule has 0 spiro atoms. The first-order valence-electron chi connectivity index (χ1n) is 7.13. The number of nitrogens with zero attached hydrogens (tertiary/aromatic N) is 3. The molecule has 1 aromatic carbocycles. The number of hydrogen-bond acceptors (Lipinski definition) is 4. The number of nitrogens with one attached hydrogen (secondary N) is 1. The maximum absolute atomic E-state index is 12.0. The summed E-state index contributed by atoms with van der Waals surface area (Å²) >= 11 is 1.52. The topological polar surface area (TPSA) is 50.2 Å². The molecule has 0 fully saturated rings. The molecular formula is C16H22N4OS. The van der Waals surface area contributed by atoms with E-state index in [1.54, 1.807) is 10.9 Å². The van der Waals surface area contributed by atoms with Crippen molar-refractivity contribution in [1.82, 2.24) is 9.78 Å². The van der Waals surface area contributed by atoms with Crippen LogP contribution in [0.15, 0.2) is 36.5 Å². The molecule has 22 heavy (non-hydrogen) atoms. The van der Waals surface area contributed by atoms with E-state index < -0.39 is 0 Å². The van der Waals surface area contributed by atoms with Crippen molar-refractivity contribution in [2.45, 2.75) is 18.7 Å². The highest BCUT2D eigenvalue weighted by Crippen LogP contribution is 2.16. The third-order valence-electron chi connectivity index (χ3n) is 3.48. The van der Waals surface area contributed by atoms with E-state index in [0.717, 1.165) is 17.1 Å². The molecule has 2 rings (SSSR count). The minimum Gasteiger partial charge on any atom is -0.378 e. The number of carbonyl (C=O) groups is 1. The Bertz CT molecular complexity index is 621. The van der Waals surface area contributed by atoms with Gasteiger partial charge in [0.25, 0.3) is 0 Å². The lowest BCUT2D eigenvalue weighted by Crippen LogP contribution is -2.24. The highest BCUT2D eigenvalue weighted by molar-refractivity contribution is 7.99. The number of rotatable bonds is 6.